The SMILES string of the molecule is CC(C(N)=O)C1OC(=O)N(F)C1c1ccc(-n2cnnc2)cc1. The fraction of sp³-hybridized carbons (Fsp3) is 0.286. The first-order chi connectivity index (χ1) is 11.0. The van der Waals surface area contributed by atoms with Crippen molar-refractivity contribution in [3.63, 3.8) is 0 Å². The molecule has 8 nitrogen and oxygen atoms in total. The van der Waals surface area contributed by atoms with Crippen molar-refractivity contribution in [3.8, 4) is 5.69 Å². The Morgan fingerprint density at radius 3 is 2.48 bits per heavy atom. The highest BCUT2D eigenvalue weighted by molar-refractivity contribution is 5.79. The molecule has 3 unspecified atom stereocenters. The minimum Gasteiger partial charge on any atom is -0.441 e. The van der Waals surface area contributed by atoms with Crippen LogP contribution in [0.25, 0.3) is 5.69 Å². The maximum atomic E-state index is 14.1. The number of ether oxygens (including phenoxy) is 1. The quantitative estimate of drug-likeness (QED) is 0.851. The number of primary amides is 1. The zero-order valence-electron chi connectivity index (χ0n) is 12.2. The normalized spacial score (nSPS) is 22.0. The summed E-state index contributed by atoms with van der Waals surface area (Å²) in [6, 6.07) is 5.72. The molecule has 1 fully saturated rings. The Labute approximate surface area is 130 Å². The lowest BCUT2D eigenvalue weighted by molar-refractivity contribution is -0.124. The van der Waals surface area contributed by atoms with E-state index in [0.29, 0.717) is 5.56 Å². The van der Waals surface area contributed by atoms with E-state index in [1.54, 1.807) is 28.8 Å². The van der Waals surface area contributed by atoms with Crippen molar-refractivity contribution in [1.29, 1.82) is 0 Å². The zero-order valence-corrected chi connectivity index (χ0v) is 12.2. The molecule has 1 aromatic heterocycles. The van der Waals surface area contributed by atoms with Gasteiger partial charge in [0.1, 0.15) is 24.8 Å². The van der Waals surface area contributed by atoms with Gasteiger partial charge in [0.05, 0.1) is 5.92 Å². The summed E-state index contributed by atoms with van der Waals surface area (Å²) < 4.78 is 20.7. The minimum atomic E-state index is -1.13. The molecule has 0 radical (unpaired) electrons. The van der Waals surface area contributed by atoms with E-state index in [0.717, 1.165) is 5.69 Å². The molecule has 0 spiro atoms. The van der Waals surface area contributed by atoms with Crippen LogP contribution in [0, 0.1) is 5.92 Å². The Hall–Kier alpha value is -2.97. The summed E-state index contributed by atoms with van der Waals surface area (Å²) in [6.07, 6.45) is 0.939. The number of hydrogen-bond acceptors (Lipinski definition) is 5. The number of hydrogen-bond donors (Lipinski definition) is 1. The molecule has 1 aliphatic rings. The van der Waals surface area contributed by atoms with Gasteiger partial charge in [-0.3, -0.25) is 9.36 Å². The van der Waals surface area contributed by atoms with E-state index in [-0.39, 0.29) is 5.12 Å². The first kappa shape index (κ1) is 14.9. The molecule has 0 saturated carbocycles. The second-order valence-corrected chi connectivity index (χ2v) is 5.26. The second kappa shape index (κ2) is 5.67. The van der Waals surface area contributed by atoms with Crippen molar-refractivity contribution in [2.75, 3.05) is 0 Å². The van der Waals surface area contributed by atoms with Crippen LogP contribution in [0.15, 0.2) is 36.9 Å². The largest absolute Gasteiger partial charge is 0.441 e. The number of amides is 2. The lowest BCUT2D eigenvalue weighted by Gasteiger charge is -2.22. The van der Waals surface area contributed by atoms with Crippen LogP contribution in [0.1, 0.15) is 18.5 Å². The summed E-state index contributed by atoms with van der Waals surface area (Å²) in [5.41, 5.74) is 6.51. The second-order valence-electron chi connectivity index (χ2n) is 5.26. The van der Waals surface area contributed by atoms with Gasteiger partial charge in [0.25, 0.3) is 0 Å². The Morgan fingerprint density at radius 1 is 1.30 bits per heavy atom. The standard InChI is InChI=1S/C14H14FN5O3/c1-8(13(16)21)12-11(20(15)14(22)23-12)9-2-4-10(5-3-9)19-6-17-18-7-19/h2-8,11-12H,1H3,(H2,16,21). The lowest BCUT2D eigenvalue weighted by atomic mass is 9.92. The number of carbonyl (C=O) groups excluding carboxylic acids is 2. The van der Waals surface area contributed by atoms with Crippen LogP contribution >= 0.6 is 0 Å². The van der Waals surface area contributed by atoms with Gasteiger partial charge < -0.3 is 10.5 Å². The zero-order chi connectivity index (χ0) is 16.6. The molecule has 2 heterocycles. The third-order valence-electron chi connectivity index (χ3n) is 3.86. The van der Waals surface area contributed by atoms with Gasteiger partial charge in [-0.2, -0.15) is 0 Å². The molecule has 1 aliphatic heterocycles. The van der Waals surface area contributed by atoms with Crippen LogP contribution in [0.3, 0.4) is 0 Å². The fourth-order valence-electron chi connectivity index (χ4n) is 2.51. The lowest BCUT2D eigenvalue weighted by Crippen LogP contribution is -2.35. The average molecular weight is 319 g/mol. The number of nitrogens with two attached hydrogens (primary N) is 1. The van der Waals surface area contributed by atoms with Crippen molar-refractivity contribution in [3.05, 3.63) is 42.5 Å². The molecule has 0 aliphatic carbocycles. The predicted molar refractivity (Wildman–Crippen MR) is 75.7 cm³/mol. The van der Waals surface area contributed by atoms with Gasteiger partial charge in [0.15, 0.2) is 0 Å². The van der Waals surface area contributed by atoms with Gasteiger partial charge in [-0.05, 0) is 24.6 Å². The van der Waals surface area contributed by atoms with Crippen LogP contribution in [0.5, 0.6) is 0 Å². The van der Waals surface area contributed by atoms with Crippen molar-refractivity contribution in [2.45, 2.75) is 19.1 Å². The van der Waals surface area contributed by atoms with E-state index in [9.17, 15) is 14.1 Å². The van der Waals surface area contributed by atoms with E-state index in [2.05, 4.69) is 10.2 Å². The van der Waals surface area contributed by atoms with Crippen LogP contribution in [0.4, 0.5) is 9.28 Å². The van der Waals surface area contributed by atoms with Gasteiger partial charge in [0.2, 0.25) is 5.91 Å². The maximum absolute atomic E-state index is 14.1. The summed E-state index contributed by atoms with van der Waals surface area (Å²) in [4.78, 5) is 22.9. The summed E-state index contributed by atoms with van der Waals surface area (Å²) in [5, 5.41) is 7.39. The maximum Gasteiger partial charge on any atom is 0.439 e. The predicted octanol–water partition coefficient (Wildman–Crippen LogP) is 1.14. The van der Waals surface area contributed by atoms with Crippen LogP contribution in [-0.2, 0) is 9.53 Å². The molecule has 2 N–H and O–H groups in total. The first-order valence-corrected chi connectivity index (χ1v) is 6.89. The number of benzene rings is 1. The van der Waals surface area contributed by atoms with E-state index in [1.807, 2.05) is 0 Å². The Morgan fingerprint density at radius 2 is 1.91 bits per heavy atom. The van der Waals surface area contributed by atoms with E-state index in [1.165, 1.54) is 19.6 Å². The molecule has 1 saturated heterocycles. The van der Waals surface area contributed by atoms with Crippen LogP contribution in [-0.4, -0.2) is 38.0 Å². The molecule has 3 rings (SSSR count). The summed E-state index contributed by atoms with van der Waals surface area (Å²) in [5.74, 6) is -1.48. The molecular formula is C14H14FN5O3. The third-order valence-corrected chi connectivity index (χ3v) is 3.86. The highest BCUT2D eigenvalue weighted by atomic mass is 19.2. The van der Waals surface area contributed by atoms with Crippen LogP contribution < -0.4 is 5.73 Å². The number of rotatable bonds is 4. The third kappa shape index (κ3) is 2.60. The van der Waals surface area contributed by atoms with Crippen LogP contribution in [0.2, 0.25) is 0 Å². The molecule has 3 atom stereocenters. The molecule has 2 aromatic rings. The number of halogens is 1. The molecule has 0 bridgehead atoms. The molecule has 2 amide bonds. The van der Waals surface area contributed by atoms with Crippen molar-refractivity contribution in [2.24, 2.45) is 11.7 Å². The molecule has 9 heteroatoms. The minimum absolute atomic E-state index is 0.0160. The number of carbonyl (C=O) groups is 2. The number of nitrogens with zero attached hydrogens (tertiary/aromatic N) is 4. The average Bonchev–Trinajstić information content (AvgIpc) is 3.16. The highest BCUT2D eigenvalue weighted by Crippen LogP contribution is 2.37. The Kier molecular flexibility index (Phi) is 3.68. The summed E-state index contributed by atoms with van der Waals surface area (Å²) in [6.45, 7) is 1.50. The fourth-order valence-corrected chi connectivity index (χ4v) is 2.51. The number of aromatic nitrogens is 3. The molecule has 120 valence electrons. The topological polar surface area (TPSA) is 103 Å². The van der Waals surface area contributed by atoms with E-state index >= 15 is 0 Å². The molecular weight excluding hydrogens is 305 g/mol. The Bertz CT molecular complexity index is 719. The van der Waals surface area contributed by atoms with E-state index < -0.39 is 30.1 Å². The van der Waals surface area contributed by atoms with E-state index in [4.69, 9.17) is 10.5 Å². The van der Waals surface area contributed by atoms with Gasteiger partial charge >= 0.3 is 6.09 Å². The van der Waals surface area contributed by atoms with Crippen molar-refractivity contribution < 1.29 is 18.8 Å². The number of cyclic esters (lactones) is 1. The Balaban J connectivity index is 1.91. The van der Waals surface area contributed by atoms with Gasteiger partial charge in [-0.15, -0.1) is 15.3 Å². The van der Waals surface area contributed by atoms with Crippen molar-refractivity contribution >= 4 is 12.0 Å². The summed E-state index contributed by atoms with van der Waals surface area (Å²) in [7, 11) is 0. The molecule has 23 heavy (non-hydrogen) atoms. The summed E-state index contributed by atoms with van der Waals surface area (Å²) >= 11 is 0. The van der Waals surface area contributed by atoms with Gasteiger partial charge in [0, 0.05) is 5.69 Å². The smallest absolute Gasteiger partial charge is 0.439 e. The first-order valence-electron chi connectivity index (χ1n) is 6.89. The monoisotopic (exact) mass is 319 g/mol. The van der Waals surface area contributed by atoms with Crippen molar-refractivity contribution in [1.82, 2.24) is 19.9 Å². The molecule has 1 aromatic carbocycles. The highest BCUT2D eigenvalue weighted by Gasteiger charge is 2.47. The van der Waals surface area contributed by atoms with Gasteiger partial charge in [-0.25, -0.2) is 4.79 Å². The van der Waals surface area contributed by atoms with Gasteiger partial charge in [-0.1, -0.05) is 16.6 Å².